The molecule has 0 bridgehead atoms. The summed E-state index contributed by atoms with van der Waals surface area (Å²) in [7, 11) is 0. The van der Waals surface area contributed by atoms with Crippen LogP contribution in [0.15, 0.2) is 30.3 Å². The third-order valence-electron chi connectivity index (χ3n) is 3.28. The van der Waals surface area contributed by atoms with Crippen molar-refractivity contribution in [2.75, 3.05) is 39.3 Å². The van der Waals surface area contributed by atoms with Crippen LogP contribution >= 0.6 is 0 Å². The van der Waals surface area contributed by atoms with Crippen LogP contribution in [0.5, 0.6) is 0 Å². The Bertz CT molecular complexity index is 375. The number of carbonyl (C=O) groups is 1. The summed E-state index contributed by atoms with van der Waals surface area (Å²) in [6.07, 6.45) is 1.85. The van der Waals surface area contributed by atoms with Crippen LogP contribution in [-0.4, -0.2) is 50.2 Å². The van der Waals surface area contributed by atoms with Crippen molar-refractivity contribution >= 4 is 5.97 Å². The number of hydrogen-bond acceptors (Lipinski definition) is 4. The van der Waals surface area contributed by atoms with Gasteiger partial charge in [0.2, 0.25) is 0 Å². The largest absolute Gasteiger partial charge is 0.465 e. The summed E-state index contributed by atoms with van der Waals surface area (Å²) in [5.74, 6) is -0.102. The zero-order valence-corrected chi connectivity index (χ0v) is 11.3. The van der Waals surface area contributed by atoms with Gasteiger partial charge in [-0.25, -0.2) is 0 Å². The quantitative estimate of drug-likeness (QED) is 0.615. The van der Waals surface area contributed by atoms with E-state index in [2.05, 4.69) is 22.3 Å². The molecule has 1 heterocycles. The van der Waals surface area contributed by atoms with Gasteiger partial charge in [0.25, 0.3) is 0 Å². The molecule has 1 N–H and O–H groups in total. The lowest BCUT2D eigenvalue weighted by Crippen LogP contribution is -2.45. The Morgan fingerprint density at radius 2 is 1.95 bits per heavy atom. The lowest BCUT2D eigenvalue weighted by molar-refractivity contribution is -0.145. The van der Waals surface area contributed by atoms with Crippen LogP contribution in [0.1, 0.15) is 12.0 Å². The molecule has 1 saturated heterocycles. The molecule has 19 heavy (non-hydrogen) atoms. The summed E-state index contributed by atoms with van der Waals surface area (Å²) >= 11 is 0. The molecule has 1 aliphatic rings. The van der Waals surface area contributed by atoms with Gasteiger partial charge in [0.15, 0.2) is 0 Å². The molecule has 0 unspecified atom stereocenters. The number of piperazine rings is 1. The first-order valence-corrected chi connectivity index (χ1v) is 6.97. The highest BCUT2D eigenvalue weighted by atomic mass is 16.5. The molecule has 0 aliphatic carbocycles. The van der Waals surface area contributed by atoms with Crippen LogP contribution in [0, 0.1) is 0 Å². The molecule has 2 rings (SSSR count). The SMILES string of the molecule is O=C(CN1CCNCC1)OCCCc1ccccc1. The fourth-order valence-corrected chi connectivity index (χ4v) is 2.20. The van der Waals surface area contributed by atoms with E-state index in [0.717, 1.165) is 39.0 Å². The van der Waals surface area contributed by atoms with E-state index >= 15 is 0 Å². The highest BCUT2D eigenvalue weighted by Gasteiger charge is 2.13. The summed E-state index contributed by atoms with van der Waals surface area (Å²) in [6.45, 7) is 4.72. The Morgan fingerprint density at radius 3 is 2.68 bits per heavy atom. The maximum Gasteiger partial charge on any atom is 0.320 e. The zero-order valence-electron chi connectivity index (χ0n) is 11.3. The van der Waals surface area contributed by atoms with Crippen LogP contribution in [0.3, 0.4) is 0 Å². The van der Waals surface area contributed by atoms with Crippen LogP contribution in [0.4, 0.5) is 0 Å². The summed E-state index contributed by atoms with van der Waals surface area (Å²) < 4.78 is 5.27. The normalized spacial score (nSPS) is 16.2. The predicted octanol–water partition coefficient (Wildman–Crippen LogP) is 1.07. The minimum Gasteiger partial charge on any atom is -0.465 e. The highest BCUT2D eigenvalue weighted by Crippen LogP contribution is 2.02. The minimum atomic E-state index is -0.102. The molecule has 1 aromatic carbocycles. The van der Waals surface area contributed by atoms with E-state index in [1.54, 1.807) is 0 Å². The van der Waals surface area contributed by atoms with Gasteiger partial charge in [-0.2, -0.15) is 0 Å². The number of aryl methyl sites for hydroxylation is 1. The first kappa shape index (κ1) is 14.0. The lowest BCUT2D eigenvalue weighted by atomic mass is 10.1. The van der Waals surface area contributed by atoms with Gasteiger partial charge in [-0.15, -0.1) is 0 Å². The number of benzene rings is 1. The molecule has 0 atom stereocenters. The predicted molar refractivity (Wildman–Crippen MR) is 75.0 cm³/mol. The summed E-state index contributed by atoms with van der Waals surface area (Å²) in [5, 5.41) is 3.26. The number of nitrogens with zero attached hydrogens (tertiary/aromatic N) is 1. The second kappa shape index (κ2) is 7.92. The second-order valence-electron chi connectivity index (χ2n) is 4.84. The van der Waals surface area contributed by atoms with Gasteiger partial charge in [-0.3, -0.25) is 9.69 Å². The maximum atomic E-state index is 11.6. The summed E-state index contributed by atoms with van der Waals surface area (Å²) in [4.78, 5) is 13.8. The molecule has 1 fully saturated rings. The molecule has 4 heteroatoms. The van der Waals surface area contributed by atoms with Crippen LogP contribution in [0.2, 0.25) is 0 Å². The van der Waals surface area contributed by atoms with Crippen molar-refractivity contribution in [3.05, 3.63) is 35.9 Å². The number of carbonyl (C=O) groups excluding carboxylic acids is 1. The van der Waals surface area contributed by atoms with E-state index in [1.807, 2.05) is 18.2 Å². The standard InChI is InChI=1S/C15H22N2O2/c18-15(13-17-10-8-16-9-11-17)19-12-4-7-14-5-2-1-3-6-14/h1-3,5-6,16H,4,7-13H2. The third-order valence-corrected chi connectivity index (χ3v) is 3.28. The van der Waals surface area contributed by atoms with Gasteiger partial charge in [-0.05, 0) is 18.4 Å². The minimum absolute atomic E-state index is 0.102. The average molecular weight is 262 g/mol. The molecular formula is C15H22N2O2. The van der Waals surface area contributed by atoms with Gasteiger partial charge in [0.1, 0.15) is 0 Å². The first-order chi connectivity index (χ1) is 9.34. The van der Waals surface area contributed by atoms with Crippen LogP contribution in [0.25, 0.3) is 0 Å². The Labute approximate surface area is 114 Å². The van der Waals surface area contributed by atoms with Gasteiger partial charge in [0.05, 0.1) is 13.2 Å². The van der Waals surface area contributed by atoms with E-state index in [4.69, 9.17) is 4.74 Å². The van der Waals surface area contributed by atoms with Crippen LogP contribution < -0.4 is 5.32 Å². The topological polar surface area (TPSA) is 41.6 Å². The fourth-order valence-electron chi connectivity index (χ4n) is 2.20. The highest BCUT2D eigenvalue weighted by molar-refractivity contribution is 5.71. The molecule has 0 aromatic heterocycles. The number of esters is 1. The number of nitrogens with one attached hydrogen (secondary N) is 1. The van der Waals surface area contributed by atoms with Crippen molar-refractivity contribution in [3.63, 3.8) is 0 Å². The molecule has 0 amide bonds. The van der Waals surface area contributed by atoms with E-state index in [9.17, 15) is 4.79 Å². The Balaban J connectivity index is 1.56. The molecule has 0 radical (unpaired) electrons. The Kier molecular flexibility index (Phi) is 5.85. The molecule has 1 aromatic rings. The summed E-state index contributed by atoms with van der Waals surface area (Å²) in [5.41, 5.74) is 1.29. The zero-order chi connectivity index (χ0) is 13.3. The van der Waals surface area contributed by atoms with Gasteiger partial charge in [-0.1, -0.05) is 30.3 Å². The Morgan fingerprint density at radius 1 is 1.21 bits per heavy atom. The van der Waals surface area contributed by atoms with Crippen molar-refractivity contribution < 1.29 is 9.53 Å². The first-order valence-electron chi connectivity index (χ1n) is 6.97. The van der Waals surface area contributed by atoms with Gasteiger partial charge >= 0.3 is 5.97 Å². The van der Waals surface area contributed by atoms with Crippen LogP contribution in [-0.2, 0) is 16.0 Å². The lowest BCUT2D eigenvalue weighted by Gasteiger charge is -2.25. The number of hydrogen-bond donors (Lipinski definition) is 1. The fraction of sp³-hybridized carbons (Fsp3) is 0.533. The number of ether oxygens (including phenoxy) is 1. The number of rotatable bonds is 6. The Hall–Kier alpha value is -1.39. The van der Waals surface area contributed by atoms with E-state index < -0.39 is 0 Å². The van der Waals surface area contributed by atoms with Gasteiger partial charge in [0, 0.05) is 26.2 Å². The van der Waals surface area contributed by atoms with Crippen molar-refractivity contribution in [3.8, 4) is 0 Å². The second-order valence-corrected chi connectivity index (χ2v) is 4.84. The van der Waals surface area contributed by atoms with Crippen molar-refractivity contribution in [1.82, 2.24) is 10.2 Å². The van der Waals surface area contributed by atoms with E-state index in [-0.39, 0.29) is 5.97 Å². The third kappa shape index (κ3) is 5.41. The molecular weight excluding hydrogens is 240 g/mol. The summed E-state index contributed by atoms with van der Waals surface area (Å²) in [6, 6.07) is 10.3. The molecule has 0 saturated carbocycles. The van der Waals surface area contributed by atoms with E-state index in [0.29, 0.717) is 13.2 Å². The monoisotopic (exact) mass is 262 g/mol. The van der Waals surface area contributed by atoms with E-state index in [1.165, 1.54) is 5.56 Å². The molecule has 104 valence electrons. The van der Waals surface area contributed by atoms with Crippen molar-refractivity contribution in [2.45, 2.75) is 12.8 Å². The van der Waals surface area contributed by atoms with Crippen molar-refractivity contribution in [1.29, 1.82) is 0 Å². The van der Waals surface area contributed by atoms with Gasteiger partial charge < -0.3 is 10.1 Å². The molecule has 4 nitrogen and oxygen atoms in total. The van der Waals surface area contributed by atoms with Crippen molar-refractivity contribution in [2.24, 2.45) is 0 Å². The maximum absolute atomic E-state index is 11.6. The average Bonchev–Trinajstić information content (AvgIpc) is 2.46. The smallest absolute Gasteiger partial charge is 0.320 e. The molecule has 0 spiro atoms. The molecule has 1 aliphatic heterocycles.